The summed E-state index contributed by atoms with van der Waals surface area (Å²) in [7, 11) is 1.59. The van der Waals surface area contributed by atoms with Gasteiger partial charge in [0.2, 0.25) is 0 Å². The fourth-order valence-corrected chi connectivity index (χ4v) is 8.13. The molecule has 2 heterocycles. The number of carbonyl (C=O) groups is 2. The van der Waals surface area contributed by atoms with E-state index in [2.05, 4.69) is 16.7 Å². The van der Waals surface area contributed by atoms with Crippen LogP contribution in [0.1, 0.15) is 51.9 Å². The molecule has 2 N–H and O–H groups in total. The molecule has 1 saturated carbocycles. The summed E-state index contributed by atoms with van der Waals surface area (Å²) in [5.41, 5.74) is -1.03. The number of benzene rings is 3. The third-order valence-electron chi connectivity index (χ3n) is 10.3. The van der Waals surface area contributed by atoms with Crippen molar-refractivity contribution in [2.45, 2.75) is 61.1 Å². The molecule has 232 valence electrons. The number of Topliss-reactive ketones (excluding diaryl/α,β-unsaturated/α-hetero) is 1. The topological polar surface area (TPSA) is 90.3 Å². The molecule has 3 aromatic rings. The number of hydrogen-bond donors (Lipinski definition) is 2. The van der Waals surface area contributed by atoms with Crippen LogP contribution < -0.4 is 4.74 Å². The second-order valence-corrected chi connectivity index (χ2v) is 12.4. The lowest BCUT2D eigenvalue weighted by atomic mass is 9.48. The number of phenols is 1. The van der Waals surface area contributed by atoms with Gasteiger partial charge in [0, 0.05) is 42.7 Å². The van der Waals surface area contributed by atoms with Crippen molar-refractivity contribution in [3.8, 4) is 23.3 Å². The van der Waals surface area contributed by atoms with E-state index in [4.69, 9.17) is 4.74 Å². The molecule has 2 aliphatic heterocycles. The third kappa shape index (κ3) is 4.36. The first-order valence-corrected chi connectivity index (χ1v) is 15.0. The molecule has 0 aromatic heterocycles. The molecular weight excluding hydrogens is 585 g/mol. The summed E-state index contributed by atoms with van der Waals surface area (Å²) in [6.45, 7) is 1.09. The van der Waals surface area contributed by atoms with Gasteiger partial charge in [-0.2, -0.15) is 13.2 Å². The number of likely N-dealkylation sites (N-methyl/N-ethyl adjacent to an activating group) is 1. The zero-order valence-corrected chi connectivity index (χ0v) is 24.5. The number of alkyl halides is 3. The molecule has 2 fully saturated rings. The zero-order valence-electron chi connectivity index (χ0n) is 24.5. The number of aromatic hydroxyl groups is 1. The quantitative estimate of drug-likeness (QED) is 0.425. The summed E-state index contributed by atoms with van der Waals surface area (Å²) in [5.74, 6) is 4.47. The van der Waals surface area contributed by atoms with Gasteiger partial charge in [-0.25, -0.2) is 0 Å². The summed E-state index contributed by atoms with van der Waals surface area (Å²) in [6, 6.07) is 15.9. The van der Waals surface area contributed by atoms with Crippen molar-refractivity contribution in [1.82, 2.24) is 9.80 Å². The molecule has 3 aromatic carbocycles. The molecule has 1 amide bonds. The molecule has 2 bridgehead atoms. The number of carbonyl (C=O) groups excluding carboxylic acids is 2. The summed E-state index contributed by atoms with van der Waals surface area (Å²) in [6.07, 6.45) is -3.54. The number of piperidine rings is 1. The average molecular weight is 617 g/mol. The van der Waals surface area contributed by atoms with Crippen LogP contribution in [-0.4, -0.2) is 75.6 Å². The molecular formula is C35H31F3N2O5. The first kappa shape index (κ1) is 29.4. The Morgan fingerprint density at radius 2 is 1.82 bits per heavy atom. The Morgan fingerprint density at radius 3 is 2.53 bits per heavy atom. The highest BCUT2D eigenvalue weighted by Gasteiger charge is 2.75. The molecule has 5 atom stereocenters. The van der Waals surface area contributed by atoms with Crippen LogP contribution >= 0.6 is 0 Å². The Kier molecular flexibility index (Phi) is 6.77. The Hall–Kier alpha value is -4.33. The minimum Gasteiger partial charge on any atom is -0.504 e. The van der Waals surface area contributed by atoms with E-state index < -0.39 is 46.9 Å². The molecule has 0 unspecified atom stereocenters. The van der Waals surface area contributed by atoms with Crippen molar-refractivity contribution in [1.29, 1.82) is 0 Å². The maximum absolute atomic E-state index is 14.1. The molecule has 4 aliphatic rings. The summed E-state index contributed by atoms with van der Waals surface area (Å²) in [4.78, 5) is 31.0. The minimum absolute atomic E-state index is 0.132. The maximum Gasteiger partial charge on any atom is 0.416 e. The number of ether oxygens (including phenoxy) is 1. The van der Waals surface area contributed by atoms with Gasteiger partial charge in [-0.05, 0) is 67.6 Å². The molecule has 7 nitrogen and oxygen atoms in total. The van der Waals surface area contributed by atoms with Crippen molar-refractivity contribution in [2.24, 2.45) is 0 Å². The summed E-state index contributed by atoms with van der Waals surface area (Å²) >= 11 is 0. The standard InChI is InChI=1S/C35H31F3N2O5/c1-39(27(42)14-9-22-7-10-23(11-8-22)35(36,37)38)25-15-17-34(44)31-29(43)24-12-13-26(41)30-28(24)33(34,32(25)45-30)18-20-40(31)19-16-21-5-3-2-4-6-21/h2-8,10-13,25,31-32,41,44H,15-20H2,1H3/t25-,31+,32-,33-,34+/m0/s1. The van der Waals surface area contributed by atoms with Gasteiger partial charge < -0.3 is 19.8 Å². The molecule has 45 heavy (non-hydrogen) atoms. The zero-order chi connectivity index (χ0) is 31.7. The Morgan fingerprint density at radius 1 is 1.09 bits per heavy atom. The predicted octanol–water partition coefficient (Wildman–Crippen LogP) is 4.33. The molecule has 7 rings (SSSR count). The monoisotopic (exact) mass is 616 g/mol. The van der Waals surface area contributed by atoms with Gasteiger partial charge in [-0.3, -0.25) is 14.5 Å². The van der Waals surface area contributed by atoms with E-state index in [1.807, 2.05) is 30.3 Å². The van der Waals surface area contributed by atoms with Crippen LogP contribution in [0, 0.1) is 11.8 Å². The van der Waals surface area contributed by atoms with Crippen LogP contribution in [0.5, 0.6) is 11.5 Å². The largest absolute Gasteiger partial charge is 0.504 e. The molecule has 1 saturated heterocycles. The van der Waals surface area contributed by atoms with E-state index >= 15 is 0 Å². The van der Waals surface area contributed by atoms with Crippen molar-refractivity contribution >= 4 is 11.7 Å². The predicted molar refractivity (Wildman–Crippen MR) is 158 cm³/mol. The highest BCUT2D eigenvalue weighted by atomic mass is 19.4. The van der Waals surface area contributed by atoms with Crippen molar-refractivity contribution in [3.05, 3.63) is 94.5 Å². The average Bonchev–Trinajstić information content (AvgIpc) is 3.38. The van der Waals surface area contributed by atoms with E-state index in [0.717, 1.165) is 17.7 Å². The molecule has 10 heteroatoms. The second kappa shape index (κ2) is 10.4. The number of phenolic OH excluding ortho intramolecular Hbond substituents is 1. The number of nitrogens with zero attached hydrogens (tertiary/aromatic N) is 2. The Bertz CT molecular complexity index is 1750. The van der Waals surface area contributed by atoms with Gasteiger partial charge in [0.05, 0.1) is 17.0 Å². The lowest BCUT2D eigenvalue weighted by Gasteiger charge is -2.63. The number of rotatable bonds is 4. The van der Waals surface area contributed by atoms with E-state index in [-0.39, 0.29) is 29.3 Å². The van der Waals surface area contributed by atoms with Gasteiger partial charge in [0.15, 0.2) is 17.3 Å². The summed E-state index contributed by atoms with van der Waals surface area (Å²) in [5, 5.41) is 23.5. The highest BCUT2D eigenvalue weighted by molar-refractivity contribution is 6.06. The highest BCUT2D eigenvalue weighted by Crippen LogP contribution is 2.65. The number of aliphatic hydroxyl groups is 1. The maximum atomic E-state index is 14.1. The molecule has 0 radical (unpaired) electrons. The lowest BCUT2D eigenvalue weighted by Crippen LogP contribution is -2.79. The van der Waals surface area contributed by atoms with Crippen LogP contribution in [0.15, 0.2) is 66.7 Å². The van der Waals surface area contributed by atoms with Gasteiger partial charge in [-0.15, -0.1) is 0 Å². The van der Waals surface area contributed by atoms with E-state index in [1.165, 1.54) is 23.1 Å². The van der Waals surface area contributed by atoms with Gasteiger partial charge in [0.25, 0.3) is 5.91 Å². The van der Waals surface area contributed by atoms with Crippen molar-refractivity contribution in [2.75, 3.05) is 20.1 Å². The summed E-state index contributed by atoms with van der Waals surface area (Å²) < 4.78 is 45.3. The number of amides is 1. The second-order valence-electron chi connectivity index (χ2n) is 12.4. The lowest BCUT2D eigenvalue weighted by molar-refractivity contribution is -0.187. The van der Waals surface area contributed by atoms with Crippen LogP contribution in [0.2, 0.25) is 0 Å². The van der Waals surface area contributed by atoms with Crippen LogP contribution in [0.4, 0.5) is 13.2 Å². The minimum atomic E-state index is -4.47. The van der Waals surface area contributed by atoms with Crippen molar-refractivity contribution in [3.63, 3.8) is 0 Å². The smallest absolute Gasteiger partial charge is 0.416 e. The Labute approximate surface area is 258 Å². The first-order valence-electron chi connectivity index (χ1n) is 15.0. The SMILES string of the molecule is CN(C(=O)C#Cc1ccc(C(F)(F)F)cc1)[C@H]1CC[C@@]2(O)[C@H]3C(=O)c4ccc(O)c5c4[C@@]2(CCN3CCc2ccccc2)[C@H]1O5. The molecule has 2 aliphatic carbocycles. The fraction of sp³-hybridized carbons (Fsp3) is 0.371. The van der Waals surface area contributed by atoms with Gasteiger partial charge in [-0.1, -0.05) is 36.3 Å². The number of halogens is 3. The Balaban J connectivity index is 1.21. The third-order valence-corrected chi connectivity index (χ3v) is 10.3. The fourth-order valence-electron chi connectivity index (χ4n) is 8.13. The van der Waals surface area contributed by atoms with Crippen molar-refractivity contribution < 1.29 is 37.7 Å². The normalized spacial score (nSPS) is 28.0. The van der Waals surface area contributed by atoms with Crippen LogP contribution in [-0.2, 0) is 22.8 Å². The number of likely N-dealkylation sites (tertiary alicyclic amines) is 1. The van der Waals surface area contributed by atoms with E-state index in [9.17, 15) is 33.0 Å². The van der Waals surface area contributed by atoms with Gasteiger partial charge >= 0.3 is 6.18 Å². The first-order chi connectivity index (χ1) is 21.5. The van der Waals surface area contributed by atoms with Gasteiger partial charge in [0.1, 0.15) is 17.7 Å². The van der Waals surface area contributed by atoms with Crippen LogP contribution in [0.3, 0.4) is 0 Å². The molecule has 1 spiro atoms. The van der Waals surface area contributed by atoms with E-state index in [1.54, 1.807) is 13.1 Å². The van der Waals surface area contributed by atoms with Crippen LogP contribution in [0.25, 0.3) is 0 Å². The van der Waals surface area contributed by atoms with E-state index in [0.29, 0.717) is 43.5 Å². The number of hydrogen-bond acceptors (Lipinski definition) is 6. The number of ketones is 1.